The van der Waals surface area contributed by atoms with Crippen molar-refractivity contribution in [3.8, 4) is 0 Å². The van der Waals surface area contributed by atoms with Crippen LogP contribution in [0.15, 0.2) is 24.3 Å². The molecule has 0 aliphatic heterocycles. The van der Waals surface area contributed by atoms with Crippen molar-refractivity contribution in [2.75, 3.05) is 6.54 Å². The van der Waals surface area contributed by atoms with Crippen molar-refractivity contribution in [3.05, 3.63) is 35.4 Å². The molecule has 0 fully saturated rings. The van der Waals surface area contributed by atoms with Gasteiger partial charge in [0.05, 0.1) is 0 Å². The Morgan fingerprint density at radius 2 is 1.90 bits per heavy atom. The second kappa shape index (κ2) is 8.83. The van der Waals surface area contributed by atoms with E-state index in [-0.39, 0.29) is 17.9 Å². The summed E-state index contributed by atoms with van der Waals surface area (Å²) in [5, 5.41) is 3.10. The zero-order valence-electron chi connectivity index (χ0n) is 13.9. The van der Waals surface area contributed by atoms with Gasteiger partial charge in [-0.3, -0.25) is 4.79 Å². The first-order chi connectivity index (χ1) is 9.92. The minimum Gasteiger partial charge on any atom is -0.353 e. The molecule has 2 unspecified atom stereocenters. The third-order valence-electron chi connectivity index (χ3n) is 3.81. The fraction of sp³-hybridized carbons (Fsp3) is 0.611. The van der Waals surface area contributed by atoms with Gasteiger partial charge in [0.2, 0.25) is 5.91 Å². The Morgan fingerprint density at radius 3 is 2.48 bits per heavy atom. The van der Waals surface area contributed by atoms with E-state index < -0.39 is 0 Å². The fourth-order valence-electron chi connectivity index (χ4n) is 2.75. The molecule has 1 rings (SSSR count). The molecule has 21 heavy (non-hydrogen) atoms. The lowest BCUT2D eigenvalue weighted by Crippen LogP contribution is -2.36. The largest absolute Gasteiger partial charge is 0.353 e. The van der Waals surface area contributed by atoms with E-state index in [9.17, 15) is 4.79 Å². The van der Waals surface area contributed by atoms with E-state index in [1.807, 2.05) is 12.1 Å². The molecule has 0 spiro atoms. The van der Waals surface area contributed by atoms with E-state index in [4.69, 9.17) is 5.73 Å². The molecule has 3 N–H and O–H groups in total. The van der Waals surface area contributed by atoms with Crippen LogP contribution in [0.1, 0.15) is 44.7 Å². The van der Waals surface area contributed by atoms with Crippen LogP contribution in [0.3, 0.4) is 0 Å². The first-order valence-electron chi connectivity index (χ1n) is 7.96. The van der Waals surface area contributed by atoms with Gasteiger partial charge in [0.15, 0.2) is 0 Å². The van der Waals surface area contributed by atoms with Crippen LogP contribution in [0.5, 0.6) is 0 Å². The smallest absolute Gasteiger partial charge is 0.220 e. The molecule has 2 atom stereocenters. The van der Waals surface area contributed by atoms with Gasteiger partial charge in [-0.15, -0.1) is 0 Å². The first kappa shape index (κ1) is 17.7. The maximum atomic E-state index is 12.1. The molecule has 1 aromatic carbocycles. The lowest BCUT2D eigenvalue weighted by atomic mass is 9.93. The Morgan fingerprint density at radius 1 is 1.24 bits per heavy atom. The lowest BCUT2D eigenvalue weighted by Gasteiger charge is -2.19. The van der Waals surface area contributed by atoms with Crippen LogP contribution in [0, 0.1) is 18.8 Å². The maximum absolute atomic E-state index is 12.1. The summed E-state index contributed by atoms with van der Waals surface area (Å²) in [5.41, 5.74) is 8.33. The van der Waals surface area contributed by atoms with Crippen LogP contribution in [0.2, 0.25) is 0 Å². The van der Waals surface area contributed by atoms with Crippen molar-refractivity contribution in [2.45, 2.75) is 53.0 Å². The molecule has 0 saturated carbocycles. The van der Waals surface area contributed by atoms with Crippen LogP contribution in [0.4, 0.5) is 0 Å². The molecule has 0 radical (unpaired) electrons. The summed E-state index contributed by atoms with van der Waals surface area (Å²) in [6.07, 6.45) is 2.42. The van der Waals surface area contributed by atoms with E-state index in [0.717, 1.165) is 12.8 Å². The molecule has 118 valence electrons. The average molecular weight is 290 g/mol. The van der Waals surface area contributed by atoms with Crippen LogP contribution in [0.25, 0.3) is 0 Å². The molecule has 3 heteroatoms. The summed E-state index contributed by atoms with van der Waals surface area (Å²) in [4.78, 5) is 12.1. The molecular weight excluding hydrogens is 260 g/mol. The molecule has 1 aromatic rings. The van der Waals surface area contributed by atoms with E-state index in [1.54, 1.807) is 0 Å². The number of hydrogen-bond acceptors (Lipinski definition) is 2. The molecule has 0 aliphatic rings. The second-order valence-corrected chi connectivity index (χ2v) is 6.53. The minimum atomic E-state index is 0.118. The Bertz CT molecular complexity index is 443. The van der Waals surface area contributed by atoms with Gasteiger partial charge in [-0.1, -0.05) is 38.1 Å². The van der Waals surface area contributed by atoms with Crippen molar-refractivity contribution in [1.82, 2.24) is 5.32 Å². The van der Waals surface area contributed by atoms with Crippen molar-refractivity contribution in [1.29, 1.82) is 0 Å². The average Bonchev–Trinajstić information content (AvgIpc) is 2.39. The molecule has 0 bridgehead atoms. The Labute approximate surface area is 129 Å². The molecule has 0 heterocycles. The van der Waals surface area contributed by atoms with Gasteiger partial charge in [-0.25, -0.2) is 0 Å². The Balaban J connectivity index is 2.45. The highest BCUT2D eigenvalue weighted by molar-refractivity contribution is 5.76. The predicted molar refractivity (Wildman–Crippen MR) is 89.1 cm³/mol. The minimum absolute atomic E-state index is 0.118. The van der Waals surface area contributed by atoms with E-state index in [2.05, 4.69) is 45.1 Å². The molecule has 1 amide bonds. The number of rotatable bonds is 8. The molecule has 0 saturated heterocycles. The lowest BCUT2D eigenvalue weighted by molar-refractivity contribution is -0.122. The van der Waals surface area contributed by atoms with Crippen LogP contribution < -0.4 is 11.1 Å². The van der Waals surface area contributed by atoms with Crippen molar-refractivity contribution in [2.24, 2.45) is 17.6 Å². The number of amides is 1. The quantitative estimate of drug-likeness (QED) is 0.773. The SMILES string of the molecule is Cc1ccccc1CC(C)NC(=O)CC(CN)CC(C)C. The topological polar surface area (TPSA) is 55.1 Å². The van der Waals surface area contributed by atoms with E-state index >= 15 is 0 Å². The number of carbonyl (C=O) groups excluding carboxylic acids is 1. The summed E-state index contributed by atoms with van der Waals surface area (Å²) < 4.78 is 0. The highest BCUT2D eigenvalue weighted by Gasteiger charge is 2.16. The summed E-state index contributed by atoms with van der Waals surface area (Å²) in [6, 6.07) is 8.47. The number of nitrogens with two attached hydrogens (primary N) is 1. The third-order valence-corrected chi connectivity index (χ3v) is 3.81. The van der Waals surface area contributed by atoms with E-state index in [1.165, 1.54) is 11.1 Å². The van der Waals surface area contributed by atoms with Crippen molar-refractivity contribution in [3.63, 3.8) is 0 Å². The highest BCUT2D eigenvalue weighted by Crippen LogP contribution is 2.15. The zero-order valence-corrected chi connectivity index (χ0v) is 13.9. The van der Waals surface area contributed by atoms with Gasteiger partial charge in [0.1, 0.15) is 0 Å². The maximum Gasteiger partial charge on any atom is 0.220 e. The standard InChI is InChI=1S/C18H30N2O/c1-13(2)9-16(12-19)11-18(21)20-15(4)10-17-8-6-5-7-14(17)3/h5-8,13,15-16H,9-12,19H2,1-4H3,(H,20,21). The summed E-state index contributed by atoms with van der Waals surface area (Å²) in [6.45, 7) is 9.09. The fourth-order valence-corrected chi connectivity index (χ4v) is 2.75. The van der Waals surface area contributed by atoms with Gasteiger partial charge in [0, 0.05) is 12.5 Å². The summed E-state index contributed by atoms with van der Waals surface area (Å²) in [5.74, 6) is 0.985. The number of carbonyl (C=O) groups is 1. The summed E-state index contributed by atoms with van der Waals surface area (Å²) in [7, 11) is 0. The van der Waals surface area contributed by atoms with Crippen LogP contribution >= 0.6 is 0 Å². The number of nitrogens with one attached hydrogen (secondary N) is 1. The molecule has 3 nitrogen and oxygen atoms in total. The van der Waals surface area contributed by atoms with Crippen LogP contribution in [-0.2, 0) is 11.2 Å². The second-order valence-electron chi connectivity index (χ2n) is 6.53. The summed E-state index contributed by atoms with van der Waals surface area (Å²) >= 11 is 0. The number of hydrogen-bond donors (Lipinski definition) is 2. The highest BCUT2D eigenvalue weighted by atomic mass is 16.1. The Kier molecular flexibility index (Phi) is 7.44. The van der Waals surface area contributed by atoms with Crippen molar-refractivity contribution < 1.29 is 4.79 Å². The number of aryl methyl sites for hydroxylation is 1. The number of benzene rings is 1. The Hall–Kier alpha value is -1.35. The van der Waals surface area contributed by atoms with Gasteiger partial charge < -0.3 is 11.1 Å². The monoisotopic (exact) mass is 290 g/mol. The van der Waals surface area contributed by atoms with Gasteiger partial charge in [-0.05, 0) is 56.2 Å². The zero-order chi connectivity index (χ0) is 15.8. The molecule has 0 aliphatic carbocycles. The molecular formula is C18H30N2O. The predicted octanol–water partition coefficient (Wildman–Crippen LogP) is 3.05. The van der Waals surface area contributed by atoms with Gasteiger partial charge >= 0.3 is 0 Å². The van der Waals surface area contributed by atoms with E-state index in [0.29, 0.717) is 18.9 Å². The third kappa shape index (κ3) is 6.76. The van der Waals surface area contributed by atoms with Crippen LogP contribution in [-0.4, -0.2) is 18.5 Å². The molecule has 0 aromatic heterocycles. The van der Waals surface area contributed by atoms with Gasteiger partial charge in [-0.2, -0.15) is 0 Å². The van der Waals surface area contributed by atoms with Crippen molar-refractivity contribution >= 4 is 5.91 Å². The van der Waals surface area contributed by atoms with Gasteiger partial charge in [0.25, 0.3) is 0 Å². The first-order valence-corrected chi connectivity index (χ1v) is 7.96. The normalized spacial score (nSPS) is 14.0.